The number of carbonyl (C=O) groups is 1. The first-order chi connectivity index (χ1) is 7.33. The average Bonchev–Trinajstić information content (AvgIpc) is 2.73. The van der Waals surface area contributed by atoms with Crippen molar-refractivity contribution in [2.24, 2.45) is 0 Å². The van der Waals surface area contributed by atoms with E-state index in [1.54, 1.807) is 0 Å². The Kier molecular flexibility index (Phi) is 3.59. The Morgan fingerprint density at radius 1 is 1.53 bits per heavy atom. The van der Waals surface area contributed by atoms with E-state index < -0.39 is 0 Å². The molecule has 0 radical (unpaired) electrons. The molecule has 4 heteroatoms. The molecule has 2 fully saturated rings. The summed E-state index contributed by atoms with van der Waals surface area (Å²) in [5, 5.41) is 0. The molecular formula is C11H19NO3. The lowest BCUT2D eigenvalue weighted by Crippen LogP contribution is -2.52. The zero-order valence-electron chi connectivity index (χ0n) is 9.28. The van der Waals surface area contributed by atoms with Crippen molar-refractivity contribution in [2.45, 2.75) is 38.3 Å². The van der Waals surface area contributed by atoms with E-state index in [0.717, 1.165) is 19.4 Å². The monoisotopic (exact) mass is 213 g/mol. The third kappa shape index (κ3) is 2.32. The van der Waals surface area contributed by atoms with Crippen LogP contribution in [0, 0.1) is 0 Å². The van der Waals surface area contributed by atoms with Crippen LogP contribution in [0.25, 0.3) is 0 Å². The Morgan fingerprint density at radius 2 is 2.40 bits per heavy atom. The van der Waals surface area contributed by atoms with Crippen molar-refractivity contribution in [3.05, 3.63) is 0 Å². The normalized spacial score (nSPS) is 30.3. The standard InChI is InChI=1S/C11H19NO3/c1-2-14-8-11(13)12-6-7-15-10-5-3-4-9(10)12/h9-10H,2-8H2,1H3. The van der Waals surface area contributed by atoms with Gasteiger partial charge >= 0.3 is 0 Å². The van der Waals surface area contributed by atoms with Gasteiger partial charge in [0.15, 0.2) is 0 Å². The maximum absolute atomic E-state index is 11.8. The summed E-state index contributed by atoms with van der Waals surface area (Å²) in [6.45, 7) is 4.14. The highest BCUT2D eigenvalue weighted by Gasteiger charge is 2.38. The van der Waals surface area contributed by atoms with Crippen LogP contribution in [-0.2, 0) is 14.3 Å². The molecule has 1 aliphatic carbocycles. The lowest BCUT2D eigenvalue weighted by atomic mass is 10.1. The summed E-state index contributed by atoms with van der Waals surface area (Å²) in [4.78, 5) is 13.8. The smallest absolute Gasteiger partial charge is 0.248 e. The van der Waals surface area contributed by atoms with E-state index >= 15 is 0 Å². The summed E-state index contributed by atoms with van der Waals surface area (Å²) in [6, 6.07) is 0.312. The number of hydrogen-bond donors (Lipinski definition) is 0. The van der Waals surface area contributed by atoms with Crippen LogP contribution in [0.5, 0.6) is 0 Å². The first-order valence-corrected chi connectivity index (χ1v) is 5.81. The SMILES string of the molecule is CCOCC(=O)N1CCOC2CCCC21. The molecular weight excluding hydrogens is 194 g/mol. The molecule has 2 rings (SSSR count). The number of morpholine rings is 1. The lowest BCUT2D eigenvalue weighted by Gasteiger charge is -2.37. The molecule has 2 unspecified atom stereocenters. The van der Waals surface area contributed by atoms with Gasteiger partial charge in [0, 0.05) is 13.2 Å². The van der Waals surface area contributed by atoms with E-state index in [1.165, 1.54) is 6.42 Å². The van der Waals surface area contributed by atoms with Crippen LogP contribution < -0.4 is 0 Å². The zero-order chi connectivity index (χ0) is 10.7. The number of nitrogens with zero attached hydrogens (tertiary/aromatic N) is 1. The molecule has 0 N–H and O–H groups in total. The van der Waals surface area contributed by atoms with Crippen molar-refractivity contribution >= 4 is 5.91 Å². The summed E-state index contributed by atoms with van der Waals surface area (Å²) < 4.78 is 10.8. The first-order valence-electron chi connectivity index (χ1n) is 5.81. The van der Waals surface area contributed by atoms with Crippen molar-refractivity contribution in [1.29, 1.82) is 0 Å². The summed E-state index contributed by atoms with van der Waals surface area (Å²) in [6.07, 6.45) is 3.64. The average molecular weight is 213 g/mol. The Labute approximate surface area is 90.5 Å². The van der Waals surface area contributed by atoms with Crippen molar-refractivity contribution in [3.8, 4) is 0 Å². The molecule has 86 valence electrons. The number of amides is 1. The molecule has 2 aliphatic rings. The Hall–Kier alpha value is -0.610. The van der Waals surface area contributed by atoms with E-state index in [9.17, 15) is 4.79 Å². The minimum atomic E-state index is 0.122. The fourth-order valence-corrected chi connectivity index (χ4v) is 2.51. The molecule has 4 nitrogen and oxygen atoms in total. The third-order valence-electron chi connectivity index (χ3n) is 3.23. The van der Waals surface area contributed by atoms with Gasteiger partial charge in [0.05, 0.1) is 18.8 Å². The molecule has 0 bridgehead atoms. The van der Waals surface area contributed by atoms with Gasteiger partial charge in [0.1, 0.15) is 6.61 Å². The Balaban J connectivity index is 1.92. The van der Waals surface area contributed by atoms with Crippen molar-refractivity contribution in [1.82, 2.24) is 4.90 Å². The molecule has 1 saturated carbocycles. The topological polar surface area (TPSA) is 38.8 Å². The highest BCUT2D eigenvalue weighted by molar-refractivity contribution is 5.78. The number of hydrogen-bond acceptors (Lipinski definition) is 3. The molecule has 15 heavy (non-hydrogen) atoms. The molecule has 0 aromatic heterocycles. The zero-order valence-corrected chi connectivity index (χ0v) is 9.28. The van der Waals surface area contributed by atoms with Gasteiger partial charge < -0.3 is 14.4 Å². The van der Waals surface area contributed by atoms with E-state index in [1.807, 2.05) is 11.8 Å². The van der Waals surface area contributed by atoms with Crippen LogP contribution in [0.1, 0.15) is 26.2 Å². The summed E-state index contributed by atoms with van der Waals surface area (Å²) in [5.41, 5.74) is 0. The fourth-order valence-electron chi connectivity index (χ4n) is 2.51. The largest absolute Gasteiger partial charge is 0.374 e. The third-order valence-corrected chi connectivity index (χ3v) is 3.23. The molecule has 0 aromatic rings. The van der Waals surface area contributed by atoms with Crippen LogP contribution in [-0.4, -0.2) is 49.3 Å². The van der Waals surface area contributed by atoms with Crippen molar-refractivity contribution in [3.63, 3.8) is 0 Å². The summed E-state index contributed by atoms with van der Waals surface area (Å²) in [7, 11) is 0. The molecule has 0 aromatic carbocycles. The van der Waals surface area contributed by atoms with Crippen LogP contribution in [0.3, 0.4) is 0 Å². The van der Waals surface area contributed by atoms with Crippen molar-refractivity contribution < 1.29 is 14.3 Å². The number of fused-ring (bicyclic) bond motifs is 1. The molecule has 0 spiro atoms. The van der Waals surface area contributed by atoms with Gasteiger partial charge in [-0.25, -0.2) is 0 Å². The highest BCUT2D eigenvalue weighted by Crippen LogP contribution is 2.29. The molecule has 2 atom stereocenters. The van der Waals surface area contributed by atoms with Gasteiger partial charge in [0.25, 0.3) is 0 Å². The van der Waals surface area contributed by atoms with Crippen molar-refractivity contribution in [2.75, 3.05) is 26.4 Å². The second-order valence-electron chi connectivity index (χ2n) is 4.13. The van der Waals surface area contributed by atoms with Crippen LogP contribution in [0.15, 0.2) is 0 Å². The molecule has 1 saturated heterocycles. The van der Waals surface area contributed by atoms with Gasteiger partial charge in [0.2, 0.25) is 5.91 Å². The number of carbonyl (C=O) groups excluding carboxylic acids is 1. The van der Waals surface area contributed by atoms with Gasteiger partial charge in [-0.3, -0.25) is 4.79 Å². The lowest BCUT2D eigenvalue weighted by molar-refractivity contribution is -0.148. The van der Waals surface area contributed by atoms with E-state index in [-0.39, 0.29) is 18.6 Å². The maximum atomic E-state index is 11.8. The van der Waals surface area contributed by atoms with Gasteiger partial charge in [-0.05, 0) is 26.2 Å². The van der Waals surface area contributed by atoms with Crippen LogP contribution in [0.4, 0.5) is 0 Å². The van der Waals surface area contributed by atoms with Gasteiger partial charge in [-0.2, -0.15) is 0 Å². The predicted molar refractivity (Wildman–Crippen MR) is 55.6 cm³/mol. The fraction of sp³-hybridized carbons (Fsp3) is 0.909. The van der Waals surface area contributed by atoms with Gasteiger partial charge in [-0.15, -0.1) is 0 Å². The quantitative estimate of drug-likeness (QED) is 0.696. The van der Waals surface area contributed by atoms with E-state index in [4.69, 9.17) is 9.47 Å². The minimum Gasteiger partial charge on any atom is -0.374 e. The summed E-state index contributed by atoms with van der Waals surface area (Å²) >= 11 is 0. The van der Waals surface area contributed by atoms with Crippen LogP contribution in [0.2, 0.25) is 0 Å². The van der Waals surface area contributed by atoms with E-state index in [2.05, 4.69) is 0 Å². The number of ether oxygens (including phenoxy) is 2. The van der Waals surface area contributed by atoms with Crippen LogP contribution >= 0.6 is 0 Å². The van der Waals surface area contributed by atoms with Gasteiger partial charge in [-0.1, -0.05) is 0 Å². The second kappa shape index (κ2) is 4.94. The maximum Gasteiger partial charge on any atom is 0.248 e. The molecule has 1 amide bonds. The Morgan fingerprint density at radius 3 is 3.20 bits per heavy atom. The Bertz CT molecular complexity index is 232. The second-order valence-corrected chi connectivity index (χ2v) is 4.13. The molecule has 1 aliphatic heterocycles. The first kappa shape index (κ1) is 10.9. The van der Waals surface area contributed by atoms with E-state index in [0.29, 0.717) is 19.3 Å². The minimum absolute atomic E-state index is 0.122. The number of rotatable bonds is 3. The molecule has 1 heterocycles. The summed E-state index contributed by atoms with van der Waals surface area (Å²) in [5.74, 6) is 0.122. The highest BCUT2D eigenvalue weighted by atomic mass is 16.5. The predicted octanol–water partition coefficient (Wildman–Crippen LogP) is 0.803.